The van der Waals surface area contributed by atoms with E-state index in [1.807, 2.05) is 0 Å². The molecule has 0 radical (unpaired) electrons. The van der Waals surface area contributed by atoms with Crippen LogP contribution in [0.15, 0.2) is 0 Å². The monoisotopic (exact) mass is 262 g/mol. The zero-order valence-electron chi connectivity index (χ0n) is 10.8. The summed E-state index contributed by atoms with van der Waals surface area (Å²) in [5.41, 5.74) is 5.44. The topological polar surface area (TPSA) is 80.5 Å². The zero-order chi connectivity index (χ0) is 13.3. The number of rotatable bonds is 6. The number of sulfone groups is 1. The molecular weight excluding hydrogens is 240 g/mol. The van der Waals surface area contributed by atoms with Crippen molar-refractivity contribution >= 4 is 15.7 Å². The quantitative estimate of drug-likeness (QED) is 0.739. The molecule has 0 saturated heterocycles. The third-order valence-corrected chi connectivity index (χ3v) is 5.32. The highest BCUT2D eigenvalue weighted by molar-refractivity contribution is 7.92. The fraction of sp³-hybridized carbons (Fsp3) is 0.909. The van der Waals surface area contributed by atoms with Crippen molar-refractivity contribution in [1.82, 2.24) is 4.90 Å². The van der Waals surface area contributed by atoms with Crippen LogP contribution in [0.25, 0.3) is 0 Å². The molecule has 0 aliphatic heterocycles. The molecule has 5 nitrogen and oxygen atoms in total. The summed E-state index contributed by atoms with van der Waals surface area (Å²) in [6.07, 6.45) is 3.76. The summed E-state index contributed by atoms with van der Waals surface area (Å²) in [6.45, 7) is 4.01. The van der Waals surface area contributed by atoms with Crippen LogP contribution in [-0.2, 0) is 14.6 Å². The van der Waals surface area contributed by atoms with Gasteiger partial charge in [-0.3, -0.25) is 4.79 Å². The van der Waals surface area contributed by atoms with Crippen LogP contribution >= 0.6 is 0 Å². The number of carbonyl (C=O) groups excluding carboxylic acids is 1. The molecule has 2 N–H and O–H groups in total. The average molecular weight is 262 g/mol. The second-order valence-electron chi connectivity index (χ2n) is 5.15. The lowest BCUT2D eigenvalue weighted by atomic mass is 10.1. The van der Waals surface area contributed by atoms with E-state index in [2.05, 4.69) is 0 Å². The van der Waals surface area contributed by atoms with Crippen LogP contribution in [0.3, 0.4) is 0 Å². The van der Waals surface area contributed by atoms with Crippen molar-refractivity contribution in [1.29, 1.82) is 0 Å². The summed E-state index contributed by atoms with van der Waals surface area (Å²) >= 11 is 0. The van der Waals surface area contributed by atoms with Crippen LogP contribution in [0, 0.1) is 0 Å². The SMILES string of the molecule is CC(C)(C(=O)N(CCCN)C1CC1)S(C)(=O)=O. The fourth-order valence-corrected chi connectivity index (χ4v) is 2.04. The number of hydrogen-bond donors (Lipinski definition) is 1. The Labute approximate surface area is 103 Å². The number of nitrogens with two attached hydrogens (primary N) is 1. The third kappa shape index (κ3) is 3.19. The molecule has 1 fully saturated rings. The molecule has 0 atom stereocenters. The minimum absolute atomic E-state index is 0.218. The lowest BCUT2D eigenvalue weighted by Crippen LogP contribution is -2.51. The van der Waals surface area contributed by atoms with E-state index in [0.717, 1.165) is 19.1 Å². The Hall–Kier alpha value is -0.620. The summed E-state index contributed by atoms with van der Waals surface area (Å²) in [4.78, 5) is 14.0. The Morgan fingerprint density at radius 3 is 2.29 bits per heavy atom. The maximum atomic E-state index is 12.3. The number of nitrogens with zero attached hydrogens (tertiary/aromatic N) is 1. The molecule has 1 aliphatic rings. The van der Waals surface area contributed by atoms with E-state index in [1.54, 1.807) is 4.90 Å². The van der Waals surface area contributed by atoms with Gasteiger partial charge in [0, 0.05) is 18.8 Å². The van der Waals surface area contributed by atoms with E-state index in [9.17, 15) is 13.2 Å². The number of hydrogen-bond acceptors (Lipinski definition) is 4. The van der Waals surface area contributed by atoms with E-state index < -0.39 is 14.6 Å². The summed E-state index contributed by atoms with van der Waals surface area (Å²) in [6, 6.07) is 0.218. The Kier molecular flexibility index (Phi) is 4.19. The van der Waals surface area contributed by atoms with Crippen LogP contribution in [0.2, 0.25) is 0 Å². The minimum atomic E-state index is -3.40. The van der Waals surface area contributed by atoms with Crippen LogP contribution in [0.4, 0.5) is 0 Å². The maximum absolute atomic E-state index is 12.3. The predicted octanol–water partition coefficient (Wildman–Crippen LogP) is 0.149. The number of carbonyl (C=O) groups is 1. The van der Waals surface area contributed by atoms with Gasteiger partial charge in [0.2, 0.25) is 5.91 Å². The van der Waals surface area contributed by atoms with E-state index in [1.165, 1.54) is 13.8 Å². The van der Waals surface area contributed by atoms with Gasteiger partial charge in [0.25, 0.3) is 0 Å². The highest BCUT2D eigenvalue weighted by atomic mass is 32.2. The lowest BCUT2D eigenvalue weighted by Gasteiger charge is -2.30. The normalized spacial score (nSPS) is 16.9. The highest BCUT2D eigenvalue weighted by Gasteiger charge is 2.45. The first-order chi connectivity index (χ1) is 7.71. The van der Waals surface area contributed by atoms with Gasteiger partial charge in [0.15, 0.2) is 9.84 Å². The van der Waals surface area contributed by atoms with Crippen LogP contribution in [0.5, 0.6) is 0 Å². The first-order valence-electron chi connectivity index (χ1n) is 5.92. The van der Waals surface area contributed by atoms with Crippen LogP contribution < -0.4 is 5.73 Å². The van der Waals surface area contributed by atoms with Crippen molar-refractivity contribution in [2.24, 2.45) is 5.73 Å². The molecular formula is C11H22N2O3S. The fourth-order valence-electron chi connectivity index (χ4n) is 1.60. The molecule has 0 heterocycles. The number of amides is 1. The molecule has 1 rings (SSSR count). The standard InChI is InChI=1S/C11H22N2O3S/c1-11(2,17(3,15)16)10(14)13(8-4-7-12)9-5-6-9/h9H,4-8,12H2,1-3H3. The molecule has 0 bridgehead atoms. The molecule has 0 spiro atoms. The van der Waals surface area contributed by atoms with Gasteiger partial charge in [0.1, 0.15) is 4.75 Å². The molecule has 1 aliphatic carbocycles. The molecule has 0 unspecified atom stereocenters. The average Bonchev–Trinajstić information content (AvgIpc) is 3.00. The molecule has 6 heteroatoms. The second kappa shape index (κ2) is 4.94. The Morgan fingerprint density at radius 1 is 1.41 bits per heavy atom. The molecule has 1 saturated carbocycles. The smallest absolute Gasteiger partial charge is 0.243 e. The minimum Gasteiger partial charge on any atom is -0.338 e. The van der Waals surface area contributed by atoms with Gasteiger partial charge in [-0.2, -0.15) is 0 Å². The molecule has 17 heavy (non-hydrogen) atoms. The Bertz CT molecular complexity index is 386. The van der Waals surface area contributed by atoms with Gasteiger partial charge in [-0.1, -0.05) is 0 Å². The van der Waals surface area contributed by atoms with Gasteiger partial charge < -0.3 is 10.6 Å². The lowest BCUT2D eigenvalue weighted by molar-refractivity contribution is -0.133. The van der Waals surface area contributed by atoms with Crippen molar-refractivity contribution in [3.8, 4) is 0 Å². The maximum Gasteiger partial charge on any atom is 0.243 e. The summed E-state index contributed by atoms with van der Waals surface area (Å²) in [7, 11) is -3.40. The van der Waals surface area contributed by atoms with Gasteiger partial charge in [0.05, 0.1) is 0 Å². The van der Waals surface area contributed by atoms with E-state index in [4.69, 9.17) is 5.73 Å². The first kappa shape index (κ1) is 14.4. The Morgan fingerprint density at radius 2 is 1.94 bits per heavy atom. The van der Waals surface area contributed by atoms with Crippen LogP contribution in [-0.4, -0.2) is 49.4 Å². The summed E-state index contributed by atoms with van der Waals surface area (Å²) in [5.74, 6) is -0.295. The largest absolute Gasteiger partial charge is 0.338 e. The zero-order valence-corrected chi connectivity index (χ0v) is 11.6. The van der Waals surface area contributed by atoms with Gasteiger partial charge >= 0.3 is 0 Å². The Balaban J connectivity index is 2.84. The molecule has 0 aromatic rings. The van der Waals surface area contributed by atoms with Crippen LogP contribution in [0.1, 0.15) is 33.1 Å². The van der Waals surface area contributed by atoms with Gasteiger partial charge in [-0.05, 0) is 39.7 Å². The summed E-state index contributed by atoms with van der Waals surface area (Å²) in [5, 5.41) is 0. The van der Waals surface area contributed by atoms with Crippen molar-refractivity contribution in [3.63, 3.8) is 0 Å². The van der Waals surface area contributed by atoms with E-state index in [-0.39, 0.29) is 11.9 Å². The van der Waals surface area contributed by atoms with Crippen molar-refractivity contribution in [2.45, 2.75) is 43.9 Å². The van der Waals surface area contributed by atoms with Crippen molar-refractivity contribution < 1.29 is 13.2 Å². The molecule has 100 valence electrons. The highest BCUT2D eigenvalue weighted by Crippen LogP contribution is 2.30. The van der Waals surface area contributed by atoms with E-state index in [0.29, 0.717) is 19.5 Å². The molecule has 1 amide bonds. The third-order valence-electron chi connectivity index (χ3n) is 3.29. The van der Waals surface area contributed by atoms with Gasteiger partial charge in [-0.15, -0.1) is 0 Å². The predicted molar refractivity (Wildman–Crippen MR) is 67.3 cm³/mol. The van der Waals surface area contributed by atoms with E-state index >= 15 is 0 Å². The second-order valence-corrected chi connectivity index (χ2v) is 7.72. The van der Waals surface area contributed by atoms with Crippen molar-refractivity contribution in [3.05, 3.63) is 0 Å². The van der Waals surface area contributed by atoms with Crippen molar-refractivity contribution in [2.75, 3.05) is 19.3 Å². The molecule has 0 aromatic carbocycles. The molecule has 0 aromatic heterocycles. The van der Waals surface area contributed by atoms with Gasteiger partial charge in [-0.25, -0.2) is 8.42 Å². The first-order valence-corrected chi connectivity index (χ1v) is 7.81. The summed E-state index contributed by atoms with van der Waals surface area (Å²) < 4.78 is 21.9.